The van der Waals surface area contributed by atoms with Crippen LogP contribution in [0.25, 0.3) is 0 Å². The van der Waals surface area contributed by atoms with E-state index >= 15 is 0 Å². The summed E-state index contributed by atoms with van der Waals surface area (Å²) in [4.78, 5) is 37.2. The number of halogens is 1. The zero-order valence-corrected chi connectivity index (χ0v) is 14.1. The Kier molecular flexibility index (Phi) is 6.19. The van der Waals surface area contributed by atoms with Crippen LogP contribution in [0.4, 0.5) is 4.79 Å². The minimum Gasteiger partial charge on any atom is -0.353 e. The molecule has 1 aliphatic heterocycles. The summed E-state index contributed by atoms with van der Waals surface area (Å²) < 4.78 is 0. The minimum atomic E-state index is -0.825. The Morgan fingerprint density at radius 1 is 1.45 bits per heavy atom. The zero-order chi connectivity index (χ0) is 15.6. The maximum atomic E-state index is 12.3. The van der Waals surface area contributed by atoms with Crippen molar-refractivity contribution in [3.05, 3.63) is 0 Å². The first kappa shape index (κ1) is 18.7. The molecule has 4 amide bonds. The van der Waals surface area contributed by atoms with Crippen LogP contribution in [0.5, 0.6) is 0 Å². The van der Waals surface area contributed by atoms with Crippen molar-refractivity contribution >= 4 is 30.3 Å². The fraction of sp³-hybridized carbons (Fsp3) is 0.786. The van der Waals surface area contributed by atoms with Gasteiger partial charge in [0.1, 0.15) is 12.1 Å². The lowest BCUT2D eigenvalue weighted by molar-refractivity contribution is -0.135. The van der Waals surface area contributed by atoms with Crippen molar-refractivity contribution in [2.45, 2.75) is 45.2 Å². The van der Waals surface area contributed by atoms with Gasteiger partial charge in [0.2, 0.25) is 5.91 Å². The lowest BCUT2D eigenvalue weighted by Crippen LogP contribution is -2.47. The van der Waals surface area contributed by atoms with Gasteiger partial charge in [-0.2, -0.15) is 0 Å². The molecular formula is C14H25ClN4O3. The van der Waals surface area contributed by atoms with Gasteiger partial charge in [0.15, 0.2) is 0 Å². The molecule has 0 aromatic heterocycles. The average molecular weight is 333 g/mol. The highest BCUT2D eigenvalue weighted by Gasteiger charge is 2.56. The highest BCUT2D eigenvalue weighted by molar-refractivity contribution is 6.09. The monoisotopic (exact) mass is 332 g/mol. The van der Waals surface area contributed by atoms with Crippen molar-refractivity contribution in [1.82, 2.24) is 20.9 Å². The number of imide groups is 1. The van der Waals surface area contributed by atoms with Gasteiger partial charge in [-0.15, -0.1) is 12.4 Å². The standard InChI is InChI=1S/C14H24N4O3.ClH/c1-4-15-9(2)7-16-11(19)8-18-12(20)14(3,10-5-6-10)17-13(18)21;/h9-10,15H,4-8H2,1-3H3,(H,16,19)(H,17,21);1H/t9-,14?;/m1./s1. The van der Waals surface area contributed by atoms with E-state index in [1.807, 2.05) is 13.8 Å². The van der Waals surface area contributed by atoms with E-state index < -0.39 is 11.6 Å². The van der Waals surface area contributed by atoms with Gasteiger partial charge in [-0.25, -0.2) is 4.79 Å². The average Bonchev–Trinajstić information content (AvgIpc) is 3.23. The molecule has 7 nitrogen and oxygen atoms in total. The van der Waals surface area contributed by atoms with Crippen LogP contribution in [-0.4, -0.2) is 54.0 Å². The lowest BCUT2D eigenvalue weighted by atomic mass is 9.96. The number of carbonyl (C=O) groups excluding carboxylic acids is 3. The molecule has 1 heterocycles. The first-order valence-corrected chi connectivity index (χ1v) is 7.52. The molecule has 1 aliphatic carbocycles. The molecule has 0 radical (unpaired) electrons. The molecule has 2 rings (SSSR count). The summed E-state index contributed by atoms with van der Waals surface area (Å²) in [7, 11) is 0. The van der Waals surface area contributed by atoms with Crippen molar-refractivity contribution in [3.63, 3.8) is 0 Å². The van der Waals surface area contributed by atoms with Crippen LogP contribution in [0, 0.1) is 5.92 Å². The molecule has 2 aliphatic rings. The SMILES string of the molecule is CCN[C@H](C)CNC(=O)CN1C(=O)NC(C)(C2CC2)C1=O.Cl. The van der Waals surface area contributed by atoms with Crippen molar-refractivity contribution < 1.29 is 14.4 Å². The Bertz CT molecular complexity index is 455. The second-order valence-electron chi connectivity index (χ2n) is 6.06. The van der Waals surface area contributed by atoms with Crippen LogP contribution in [0.2, 0.25) is 0 Å². The Hall–Kier alpha value is -1.34. The largest absolute Gasteiger partial charge is 0.353 e. The van der Waals surface area contributed by atoms with E-state index in [1.165, 1.54) is 0 Å². The number of likely N-dealkylation sites (N-methyl/N-ethyl adjacent to an activating group) is 1. The summed E-state index contributed by atoms with van der Waals surface area (Å²) in [5.74, 6) is -0.399. The molecule has 1 saturated heterocycles. The van der Waals surface area contributed by atoms with Crippen LogP contribution in [0.1, 0.15) is 33.6 Å². The second kappa shape index (κ2) is 7.28. The molecule has 0 aromatic carbocycles. The number of urea groups is 1. The number of hydrogen-bond donors (Lipinski definition) is 3. The summed E-state index contributed by atoms with van der Waals surface area (Å²) in [5.41, 5.74) is -0.825. The minimum absolute atomic E-state index is 0. The molecule has 0 spiro atoms. The topological polar surface area (TPSA) is 90.5 Å². The highest BCUT2D eigenvalue weighted by Crippen LogP contribution is 2.42. The number of nitrogens with one attached hydrogen (secondary N) is 3. The summed E-state index contributed by atoms with van der Waals surface area (Å²) in [6.45, 7) is 6.77. The van der Waals surface area contributed by atoms with E-state index in [0.717, 1.165) is 24.3 Å². The first-order chi connectivity index (χ1) is 9.88. The summed E-state index contributed by atoms with van der Waals surface area (Å²) in [6.07, 6.45) is 1.89. The van der Waals surface area contributed by atoms with Gasteiger partial charge in [-0.3, -0.25) is 14.5 Å². The normalized spacial score (nSPS) is 25.5. The third-order valence-electron chi connectivity index (χ3n) is 4.15. The molecule has 1 unspecified atom stereocenters. The Morgan fingerprint density at radius 2 is 2.09 bits per heavy atom. The number of carbonyl (C=O) groups is 3. The molecule has 2 atom stereocenters. The van der Waals surface area contributed by atoms with Crippen LogP contribution in [-0.2, 0) is 9.59 Å². The number of amides is 4. The van der Waals surface area contributed by atoms with E-state index in [-0.39, 0.29) is 42.7 Å². The number of rotatable bonds is 7. The Morgan fingerprint density at radius 3 is 2.64 bits per heavy atom. The number of nitrogens with zero attached hydrogens (tertiary/aromatic N) is 1. The lowest BCUT2D eigenvalue weighted by Gasteiger charge is -2.21. The van der Waals surface area contributed by atoms with Gasteiger partial charge in [0, 0.05) is 12.6 Å². The maximum Gasteiger partial charge on any atom is 0.325 e. The number of hydrogen-bond acceptors (Lipinski definition) is 4. The molecule has 2 fully saturated rings. The third kappa shape index (κ3) is 3.89. The van der Waals surface area contributed by atoms with Crippen molar-refractivity contribution in [2.75, 3.05) is 19.6 Å². The molecule has 0 aromatic rings. The maximum absolute atomic E-state index is 12.3. The van der Waals surface area contributed by atoms with Crippen molar-refractivity contribution in [2.24, 2.45) is 5.92 Å². The third-order valence-corrected chi connectivity index (χ3v) is 4.15. The van der Waals surface area contributed by atoms with Gasteiger partial charge < -0.3 is 16.0 Å². The predicted molar refractivity (Wildman–Crippen MR) is 84.8 cm³/mol. The Balaban J connectivity index is 0.00000242. The summed E-state index contributed by atoms with van der Waals surface area (Å²) in [6, 6.07) is -0.317. The van der Waals surface area contributed by atoms with E-state index in [4.69, 9.17) is 0 Å². The van der Waals surface area contributed by atoms with Crippen LogP contribution >= 0.6 is 12.4 Å². The first-order valence-electron chi connectivity index (χ1n) is 7.52. The quantitative estimate of drug-likeness (QED) is 0.583. The molecule has 3 N–H and O–H groups in total. The smallest absolute Gasteiger partial charge is 0.325 e. The van der Waals surface area contributed by atoms with E-state index in [1.54, 1.807) is 6.92 Å². The van der Waals surface area contributed by atoms with Gasteiger partial charge >= 0.3 is 6.03 Å². The van der Waals surface area contributed by atoms with Crippen molar-refractivity contribution in [1.29, 1.82) is 0 Å². The molecule has 8 heteroatoms. The molecule has 126 valence electrons. The van der Waals surface area contributed by atoms with Gasteiger partial charge in [0.25, 0.3) is 5.91 Å². The van der Waals surface area contributed by atoms with E-state index in [2.05, 4.69) is 16.0 Å². The molecule has 22 heavy (non-hydrogen) atoms. The van der Waals surface area contributed by atoms with Crippen LogP contribution in [0.3, 0.4) is 0 Å². The van der Waals surface area contributed by atoms with Crippen LogP contribution in [0.15, 0.2) is 0 Å². The molecular weight excluding hydrogens is 308 g/mol. The van der Waals surface area contributed by atoms with Gasteiger partial charge in [-0.05, 0) is 39.2 Å². The fourth-order valence-corrected chi connectivity index (χ4v) is 2.68. The fourth-order valence-electron chi connectivity index (χ4n) is 2.68. The predicted octanol–water partition coefficient (Wildman–Crippen LogP) is 0.243. The van der Waals surface area contributed by atoms with Crippen molar-refractivity contribution in [3.8, 4) is 0 Å². The van der Waals surface area contributed by atoms with Crippen LogP contribution < -0.4 is 16.0 Å². The van der Waals surface area contributed by atoms with E-state index in [9.17, 15) is 14.4 Å². The Labute approximate surface area is 137 Å². The summed E-state index contributed by atoms with van der Waals surface area (Å²) >= 11 is 0. The van der Waals surface area contributed by atoms with E-state index in [0.29, 0.717) is 6.54 Å². The highest BCUT2D eigenvalue weighted by atomic mass is 35.5. The summed E-state index contributed by atoms with van der Waals surface area (Å²) in [5, 5.41) is 8.63. The van der Waals surface area contributed by atoms with Gasteiger partial charge in [0.05, 0.1) is 0 Å². The zero-order valence-electron chi connectivity index (χ0n) is 13.3. The molecule has 1 saturated carbocycles. The van der Waals surface area contributed by atoms with Gasteiger partial charge in [-0.1, -0.05) is 6.92 Å². The molecule has 0 bridgehead atoms. The second-order valence-corrected chi connectivity index (χ2v) is 6.06.